The molecule has 0 unspecified atom stereocenters. The van der Waals surface area contributed by atoms with E-state index in [1.54, 1.807) is 6.92 Å². The highest BCUT2D eigenvalue weighted by molar-refractivity contribution is 5.68. The third-order valence-corrected chi connectivity index (χ3v) is 1.33. The van der Waals surface area contributed by atoms with Gasteiger partial charge in [-0.25, -0.2) is 4.79 Å². The van der Waals surface area contributed by atoms with Crippen molar-refractivity contribution in [3.05, 3.63) is 16.4 Å². The minimum absolute atomic E-state index is 0.0341. The molecule has 1 rings (SSSR count). The molecule has 72 valence electrons. The van der Waals surface area contributed by atoms with Gasteiger partial charge in [-0.3, -0.25) is 4.79 Å². The van der Waals surface area contributed by atoms with Crippen molar-refractivity contribution in [1.82, 2.24) is 0 Å². The van der Waals surface area contributed by atoms with Crippen molar-refractivity contribution in [3.63, 3.8) is 0 Å². The van der Waals surface area contributed by atoms with Crippen molar-refractivity contribution >= 4 is 11.9 Å². The summed E-state index contributed by atoms with van der Waals surface area (Å²) in [5.74, 6) is -1.43. The number of ether oxygens (including phenoxy) is 1. The van der Waals surface area contributed by atoms with Gasteiger partial charge in [-0.2, -0.15) is 0 Å². The zero-order chi connectivity index (χ0) is 9.84. The van der Waals surface area contributed by atoms with Gasteiger partial charge in [0.05, 0.1) is 0 Å². The number of carbonyl (C=O) groups excluding carboxylic acids is 1. The summed E-state index contributed by atoms with van der Waals surface area (Å²) in [6.07, 6.45) is 0.252. The monoisotopic (exact) mass is 187 g/mol. The molecule has 13 heavy (non-hydrogen) atoms. The third kappa shape index (κ3) is 2.36. The summed E-state index contributed by atoms with van der Waals surface area (Å²) >= 11 is 0. The number of nitrogen functional groups attached to an aromatic ring is 1. The van der Waals surface area contributed by atoms with Crippen LogP contribution in [0.4, 0.5) is 5.88 Å². The Hall–Kier alpha value is -1.72. The van der Waals surface area contributed by atoms with Gasteiger partial charge >= 0.3 is 11.8 Å². The number of hydrogen-bond acceptors (Lipinski definition) is 6. The van der Waals surface area contributed by atoms with Crippen molar-refractivity contribution in [1.29, 1.82) is 0 Å². The summed E-state index contributed by atoms with van der Waals surface area (Å²) in [7, 11) is 0. The van der Waals surface area contributed by atoms with E-state index < -0.39 is 11.8 Å². The predicted molar refractivity (Wildman–Crippen MR) is 41.7 cm³/mol. The maximum absolute atomic E-state index is 10.7. The van der Waals surface area contributed by atoms with E-state index in [1.165, 1.54) is 0 Å². The van der Waals surface area contributed by atoms with Crippen molar-refractivity contribution in [2.24, 2.45) is 0 Å². The van der Waals surface area contributed by atoms with Gasteiger partial charge in [-0.05, 0) is 0 Å². The van der Waals surface area contributed by atoms with Gasteiger partial charge in [-0.15, -0.1) is 0 Å². The summed E-state index contributed by atoms with van der Waals surface area (Å²) in [5, 5.41) is 0. The molecule has 0 aliphatic carbocycles. The fourth-order valence-electron chi connectivity index (χ4n) is 0.667. The van der Waals surface area contributed by atoms with E-state index in [-0.39, 0.29) is 24.7 Å². The molecule has 1 aromatic rings. The van der Waals surface area contributed by atoms with E-state index in [0.717, 1.165) is 0 Å². The molecule has 0 bridgehead atoms. The Kier molecular flexibility index (Phi) is 2.73. The quantitative estimate of drug-likeness (QED) is 0.682. The Labute approximate surface area is 73.3 Å². The Bertz CT molecular complexity index is 350. The minimum atomic E-state index is -0.903. The second kappa shape index (κ2) is 3.79. The predicted octanol–water partition coefficient (Wildman–Crippen LogP) is 0.268. The average molecular weight is 187 g/mol. The summed E-state index contributed by atoms with van der Waals surface area (Å²) < 4.78 is 13.5. The molecule has 0 amide bonds. The van der Waals surface area contributed by atoms with Crippen LogP contribution in [-0.2, 0) is 16.1 Å². The van der Waals surface area contributed by atoms with E-state index in [0.29, 0.717) is 0 Å². The van der Waals surface area contributed by atoms with Crippen LogP contribution in [0.5, 0.6) is 0 Å². The van der Waals surface area contributed by atoms with E-state index in [4.69, 9.17) is 5.73 Å². The van der Waals surface area contributed by atoms with Crippen LogP contribution in [-0.4, -0.2) is 5.97 Å². The summed E-state index contributed by atoms with van der Waals surface area (Å²) in [4.78, 5) is 21.2. The number of nitrogens with two attached hydrogens (primary N) is 1. The van der Waals surface area contributed by atoms with Crippen molar-refractivity contribution in [2.75, 3.05) is 5.73 Å². The lowest BCUT2D eigenvalue weighted by atomic mass is 10.5. The molecule has 0 radical (unpaired) electrons. The molecule has 0 saturated carbocycles. The number of hydrogen-bond donors (Lipinski definition) is 1. The smallest absolute Gasteiger partial charge is 0.457 e. The Balaban J connectivity index is 2.59. The van der Waals surface area contributed by atoms with Crippen LogP contribution in [0.3, 0.4) is 0 Å². The molecule has 0 aliphatic heterocycles. The summed E-state index contributed by atoms with van der Waals surface area (Å²) in [6.45, 7) is 1.47. The zero-order valence-corrected chi connectivity index (χ0v) is 7.03. The van der Waals surface area contributed by atoms with Crippen LogP contribution < -0.4 is 11.6 Å². The van der Waals surface area contributed by atoms with E-state index in [2.05, 4.69) is 13.6 Å². The first kappa shape index (κ1) is 9.37. The lowest BCUT2D eigenvalue weighted by molar-refractivity contribution is -0.145. The number of rotatable bonds is 3. The van der Waals surface area contributed by atoms with Crippen LogP contribution >= 0.6 is 0 Å². The van der Waals surface area contributed by atoms with Gasteiger partial charge in [0.25, 0.3) is 0 Å². The maximum atomic E-state index is 10.7. The van der Waals surface area contributed by atoms with Crippen LogP contribution in [0.15, 0.2) is 13.6 Å². The molecular formula is C7H9NO5. The van der Waals surface area contributed by atoms with Crippen molar-refractivity contribution in [2.45, 2.75) is 20.0 Å². The molecule has 1 aromatic heterocycles. The third-order valence-electron chi connectivity index (χ3n) is 1.33. The molecule has 2 N–H and O–H groups in total. The van der Waals surface area contributed by atoms with Gasteiger partial charge in [0, 0.05) is 6.42 Å². The molecule has 6 heteroatoms. The summed E-state index contributed by atoms with van der Waals surface area (Å²) in [5.41, 5.74) is 5.22. The highest BCUT2D eigenvalue weighted by atomic mass is 16.6. The molecule has 0 atom stereocenters. The topological polar surface area (TPSA) is 95.7 Å². The molecule has 0 aliphatic rings. The molecular weight excluding hydrogens is 178 g/mol. The van der Waals surface area contributed by atoms with Gasteiger partial charge < -0.3 is 19.3 Å². The minimum Gasteiger partial charge on any atom is -0.457 e. The number of esters is 1. The molecule has 0 saturated heterocycles. The lowest BCUT2D eigenvalue weighted by Gasteiger charge is -1.98. The average Bonchev–Trinajstić information content (AvgIpc) is 2.41. The largest absolute Gasteiger partial charge is 0.520 e. The molecule has 0 spiro atoms. The fourth-order valence-corrected chi connectivity index (χ4v) is 0.667. The Morgan fingerprint density at radius 1 is 1.54 bits per heavy atom. The Morgan fingerprint density at radius 2 is 2.23 bits per heavy atom. The first-order valence-corrected chi connectivity index (χ1v) is 3.67. The van der Waals surface area contributed by atoms with Crippen LogP contribution in [0.1, 0.15) is 19.1 Å². The number of carbonyl (C=O) groups is 1. The van der Waals surface area contributed by atoms with E-state index in [1.807, 2.05) is 0 Å². The first-order valence-electron chi connectivity index (χ1n) is 3.67. The van der Waals surface area contributed by atoms with Crippen molar-refractivity contribution in [3.8, 4) is 0 Å². The molecule has 1 heterocycles. The van der Waals surface area contributed by atoms with Crippen LogP contribution in [0, 0.1) is 0 Å². The van der Waals surface area contributed by atoms with E-state index in [9.17, 15) is 9.59 Å². The maximum Gasteiger partial charge on any atom is 0.520 e. The van der Waals surface area contributed by atoms with E-state index >= 15 is 0 Å². The lowest BCUT2D eigenvalue weighted by Crippen LogP contribution is -2.03. The van der Waals surface area contributed by atoms with Crippen LogP contribution in [0.2, 0.25) is 0 Å². The SMILES string of the molecule is CCC(=O)OCc1oc(=O)oc1N. The molecule has 0 fully saturated rings. The second-order valence-electron chi connectivity index (χ2n) is 2.26. The van der Waals surface area contributed by atoms with Gasteiger partial charge in [0.15, 0.2) is 6.61 Å². The first-order chi connectivity index (χ1) is 6.13. The normalized spacial score (nSPS) is 9.92. The molecule has 6 nitrogen and oxygen atoms in total. The molecule has 0 aromatic carbocycles. The van der Waals surface area contributed by atoms with Gasteiger partial charge in [0.2, 0.25) is 11.6 Å². The van der Waals surface area contributed by atoms with Crippen LogP contribution in [0.25, 0.3) is 0 Å². The van der Waals surface area contributed by atoms with Gasteiger partial charge in [-0.1, -0.05) is 6.92 Å². The summed E-state index contributed by atoms with van der Waals surface area (Å²) in [6, 6.07) is 0. The Morgan fingerprint density at radius 3 is 2.69 bits per heavy atom. The standard InChI is InChI=1S/C7H9NO5/c1-2-5(9)11-3-4-6(8)13-7(10)12-4/h2-3,8H2,1H3. The zero-order valence-electron chi connectivity index (χ0n) is 7.03. The van der Waals surface area contributed by atoms with Crippen molar-refractivity contribution < 1.29 is 18.4 Å². The fraction of sp³-hybridized carbons (Fsp3) is 0.429. The second-order valence-corrected chi connectivity index (χ2v) is 2.26. The highest BCUT2D eigenvalue weighted by Crippen LogP contribution is 2.09. The highest BCUT2D eigenvalue weighted by Gasteiger charge is 2.10. The number of anilines is 1. The van der Waals surface area contributed by atoms with Gasteiger partial charge in [0.1, 0.15) is 0 Å².